The van der Waals surface area contributed by atoms with Gasteiger partial charge in [0, 0.05) is 13.1 Å². The van der Waals surface area contributed by atoms with Crippen LogP contribution in [0.5, 0.6) is 0 Å². The Morgan fingerprint density at radius 3 is 2.35 bits per heavy atom. The second kappa shape index (κ2) is 5.88. The van der Waals surface area contributed by atoms with Crippen molar-refractivity contribution in [2.24, 2.45) is 12.8 Å². The Morgan fingerprint density at radius 2 is 1.90 bits per heavy atom. The Balaban J connectivity index is 2.31. The second-order valence-corrected chi connectivity index (χ2v) is 5.74. The first-order chi connectivity index (χ1) is 9.38. The molecule has 20 heavy (non-hydrogen) atoms. The molecule has 0 fully saturated rings. The molecule has 4 nitrogen and oxygen atoms in total. The molecule has 0 amide bonds. The summed E-state index contributed by atoms with van der Waals surface area (Å²) in [5.41, 5.74) is 6.19. The minimum absolute atomic E-state index is 0.0751. The van der Waals surface area contributed by atoms with Gasteiger partial charge >= 0.3 is 0 Å². The van der Waals surface area contributed by atoms with Crippen molar-refractivity contribution in [1.29, 1.82) is 0 Å². The monoisotopic (exact) mass is 298 g/mol. The van der Waals surface area contributed by atoms with Crippen molar-refractivity contribution in [2.75, 3.05) is 0 Å². The molecule has 108 valence electrons. The zero-order valence-electron chi connectivity index (χ0n) is 11.5. The molecule has 2 rings (SSSR count). The summed E-state index contributed by atoms with van der Waals surface area (Å²) in [5, 5.41) is 8.19. The number of nitrogens with two attached hydrogens (primary N) is 1. The highest BCUT2D eigenvalue weighted by atomic mass is 32.2. The van der Waals surface area contributed by atoms with E-state index >= 15 is 0 Å². The van der Waals surface area contributed by atoms with E-state index in [4.69, 9.17) is 5.73 Å². The third-order valence-corrected chi connectivity index (χ3v) is 3.99. The molecular formula is C13H16F2N4S. The maximum atomic E-state index is 14.0. The fourth-order valence-electron chi connectivity index (χ4n) is 1.77. The first-order valence-electron chi connectivity index (χ1n) is 6.16. The molecule has 0 aliphatic carbocycles. The maximum Gasteiger partial charge on any atom is 0.195 e. The van der Waals surface area contributed by atoms with Gasteiger partial charge in [0.1, 0.15) is 17.5 Å². The molecule has 2 aromatic rings. The molecule has 0 aliphatic heterocycles. The Bertz CT molecular complexity index is 602. The summed E-state index contributed by atoms with van der Waals surface area (Å²) in [4.78, 5) is -0.0751. The number of nitrogens with zero attached hydrogens (tertiary/aromatic N) is 3. The molecule has 1 unspecified atom stereocenters. The minimum Gasteiger partial charge on any atom is -0.328 e. The average molecular weight is 298 g/mol. The van der Waals surface area contributed by atoms with Gasteiger partial charge in [-0.3, -0.25) is 0 Å². The molecule has 7 heteroatoms. The molecule has 1 aromatic heterocycles. The molecular weight excluding hydrogens is 282 g/mol. The standard InChI is InChI=1S/C13H16F2N4S/c1-7(16)4-9-5-10(14)12(11(15)6-9)20-13-18-17-8(2)19(13)3/h5-7H,4,16H2,1-3H3. The Labute approximate surface area is 120 Å². The molecule has 0 spiro atoms. The number of aromatic nitrogens is 3. The van der Waals surface area contributed by atoms with Gasteiger partial charge < -0.3 is 10.3 Å². The van der Waals surface area contributed by atoms with Crippen molar-refractivity contribution >= 4 is 11.8 Å². The van der Waals surface area contributed by atoms with Gasteiger partial charge in [-0.15, -0.1) is 10.2 Å². The highest BCUT2D eigenvalue weighted by Crippen LogP contribution is 2.31. The van der Waals surface area contributed by atoms with E-state index in [0.717, 1.165) is 11.8 Å². The van der Waals surface area contributed by atoms with Gasteiger partial charge in [0.05, 0.1) is 4.90 Å². The van der Waals surface area contributed by atoms with Gasteiger partial charge in [-0.1, -0.05) is 0 Å². The van der Waals surface area contributed by atoms with Crippen molar-refractivity contribution in [1.82, 2.24) is 14.8 Å². The highest BCUT2D eigenvalue weighted by Gasteiger charge is 2.16. The quantitative estimate of drug-likeness (QED) is 0.942. The second-order valence-electron chi connectivity index (χ2n) is 4.76. The van der Waals surface area contributed by atoms with Crippen molar-refractivity contribution in [2.45, 2.75) is 36.4 Å². The van der Waals surface area contributed by atoms with Gasteiger partial charge in [0.25, 0.3) is 0 Å². The van der Waals surface area contributed by atoms with Crippen molar-refractivity contribution in [3.63, 3.8) is 0 Å². The Hall–Kier alpha value is -1.47. The fourth-order valence-corrected chi connectivity index (χ4v) is 2.61. The van der Waals surface area contributed by atoms with Crippen LogP contribution in [0, 0.1) is 18.6 Å². The Kier molecular flexibility index (Phi) is 4.39. The van der Waals surface area contributed by atoms with E-state index in [0.29, 0.717) is 23.0 Å². The number of rotatable bonds is 4. The van der Waals surface area contributed by atoms with Crippen LogP contribution >= 0.6 is 11.8 Å². The lowest BCUT2D eigenvalue weighted by Gasteiger charge is -2.09. The summed E-state index contributed by atoms with van der Waals surface area (Å²) in [6.07, 6.45) is 0.432. The van der Waals surface area contributed by atoms with Gasteiger partial charge in [-0.25, -0.2) is 8.78 Å². The number of benzene rings is 1. The summed E-state index contributed by atoms with van der Waals surface area (Å²) in [5.74, 6) is -0.528. The predicted octanol–water partition coefficient (Wildman–Crippen LogP) is 2.44. The van der Waals surface area contributed by atoms with Gasteiger partial charge in [0.2, 0.25) is 0 Å². The largest absolute Gasteiger partial charge is 0.328 e. The zero-order valence-corrected chi connectivity index (χ0v) is 12.3. The molecule has 1 atom stereocenters. The van der Waals surface area contributed by atoms with E-state index in [1.165, 1.54) is 12.1 Å². The first kappa shape index (κ1) is 14.9. The van der Waals surface area contributed by atoms with E-state index in [-0.39, 0.29) is 10.9 Å². The lowest BCUT2D eigenvalue weighted by molar-refractivity contribution is 0.534. The summed E-state index contributed by atoms with van der Waals surface area (Å²) >= 11 is 0.924. The predicted molar refractivity (Wildman–Crippen MR) is 73.6 cm³/mol. The number of hydrogen-bond acceptors (Lipinski definition) is 4. The van der Waals surface area contributed by atoms with Crippen LogP contribution in [0.25, 0.3) is 0 Å². The van der Waals surface area contributed by atoms with Crippen LogP contribution in [-0.2, 0) is 13.5 Å². The van der Waals surface area contributed by atoms with Crippen LogP contribution in [0.3, 0.4) is 0 Å². The van der Waals surface area contributed by atoms with Gasteiger partial charge in [0.15, 0.2) is 5.16 Å². The van der Waals surface area contributed by atoms with Gasteiger partial charge in [-0.2, -0.15) is 0 Å². The average Bonchev–Trinajstić information content (AvgIpc) is 2.64. The van der Waals surface area contributed by atoms with Crippen LogP contribution < -0.4 is 5.73 Å². The number of halogens is 2. The molecule has 1 heterocycles. The third-order valence-electron chi connectivity index (χ3n) is 2.86. The minimum atomic E-state index is -0.605. The van der Waals surface area contributed by atoms with Crippen LogP contribution in [0.1, 0.15) is 18.3 Å². The van der Waals surface area contributed by atoms with Crippen molar-refractivity contribution in [3.8, 4) is 0 Å². The van der Waals surface area contributed by atoms with Crippen LogP contribution in [0.4, 0.5) is 8.78 Å². The number of aryl methyl sites for hydroxylation is 1. The summed E-state index contributed by atoms with van der Waals surface area (Å²) in [7, 11) is 1.75. The van der Waals surface area contributed by atoms with E-state index < -0.39 is 11.6 Å². The molecule has 0 saturated heterocycles. The fraction of sp³-hybridized carbons (Fsp3) is 0.385. The van der Waals surface area contributed by atoms with E-state index in [2.05, 4.69) is 10.2 Å². The van der Waals surface area contributed by atoms with Crippen LogP contribution in [0.2, 0.25) is 0 Å². The maximum absolute atomic E-state index is 14.0. The van der Waals surface area contributed by atoms with Crippen molar-refractivity contribution < 1.29 is 8.78 Å². The molecule has 0 aliphatic rings. The highest BCUT2D eigenvalue weighted by molar-refractivity contribution is 7.99. The lowest BCUT2D eigenvalue weighted by Crippen LogP contribution is -2.18. The zero-order chi connectivity index (χ0) is 14.9. The topological polar surface area (TPSA) is 56.7 Å². The van der Waals surface area contributed by atoms with Crippen LogP contribution in [0.15, 0.2) is 22.2 Å². The lowest BCUT2D eigenvalue weighted by atomic mass is 10.1. The summed E-state index contributed by atoms with van der Waals surface area (Å²) < 4.78 is 29.7. The third kappa shape index (κ3) is 3.16. The van der Waals surface area contributed by atoms with Gasteiger partial charge in [-0.05, 0) is 49.7 Å². The van der Waals surface area contributed by atoms with E-state index in [1.807, 2.05) is 0 Å². The van der Waals surface area contributed by atoms with E-state index in [9.17, 15) is 8.78 Å². The molecule has 2 N–H and O–H groups in total. The summed E-state index contributed by atoms with van der Waals surface area (Å²) in [6, 6.07) is 2.49. The first-order valence-corrected chi connectivity index (χ1v) is 6.97. The SMILES string of the molecule is Cc1nnc(Sc2c(F)cc(CC(C)N)cc2F)n1C. The van der Waals surface area contributed by atoms with E-state index in [1.54, 1.807) is 25.5 Å². The molecule has 1 aromatic carbocycles. The molecule has 0 saturated carbocycles. The van der Waals surface area contributed by atoms with Crippen molar-refractivity contribution in [3.05, 3.63) is 35.2 Å². The molecule has 0 bridgehead atoms. The summed E-state index contributed by atoms with van der Waals surface area (Å²) in [6.45, 7) is 3.57. The van der Waals surface area contributed by atoms with Crippen LogP contribution in [-0.4, -0.2) is 20.8 Å². The smallest absolute Gasteiger partial charge is 0.195 e. The molecule has 0 radical (unpaired) electrons. The number of hydrogen-bond donors (Lipinski definition) is 1. The Morgan fingerprint density at radius 1 is 1.30 bits per heavy atom. The normalized spacial score (nSPS) is 12.7.